The van der Waals surface area contributed by atoms with Gasteiger partial charge in [0.25, 0.3) is 15.9 Å². The molecule has 2 aromatic rings. The summed E-state index contributed by atoms with van der Waals surface area (Å²) in [6, 6.07) is 4.46. The molecule has 0 unspecified atom stereocenters. The summed E-state index contributed by atoms with van der Waals surface area (Å²) in [6.45, 7) is 1.47. The van der Waals surface area contributed by atoms with Crippen molar-refractivity contribution in [2.24, 2.45) is 5.73 Å². The van der Waals surface area contributed by atoms with E-state index in [1.54, 1.807) is 0 Å². The smallest absolute Gasteiger partial charge is 0.266 e. The number of carbonyl (C=O) groups is 1. The van der Waals surface area contributed by atoms with E-state index in [1.807, 2.05) is 0 Å². The molecule has 0 bridgehead atoms. The fourth-order valence-corrected chi connectivity index (χ4v) is 2.83. The number of H-pyrrole nitrogens is 1. The monoisotopic (exact) mass is 298 g/mol. The Balaban J connectivity index is 2.33. The van der Waals surface area contributed by atoms with Crippen molar-refractivity contribution in [1.29, 1.82) is 0 Å². The SMILES string of the molecule is Cc1cc(F)ccc1S(=O)(=O)Nc1cc(C(N)=O)[nH]n1. The minimum atomic E-state index is -3.92. The van der Waals surface area contributed by atoms with Crippen LogP contribution >= 0.6 is 0 Å². The number of amides is 1. The van der Waals surface area contributed by atoms with Gasteiger partial charge in [-0.05, 0) is 30.7 Å². The Bertz CT molecular complexity index is 770. The summed E-state index contributed by atoms with van der Waals surface area (Å²) in [6.07, 6.45) is 0. The molecule has 0 atom stereocenters. The normalized spacial score (nSPS) is 11.3. The summed E-state index contributed by atoms with van der Waals surface area (Å²) >= 11 is 0. The van der Waals surface area contributed by atoms with Gasteiger partial charge in [-0.3, -0.25) is 14.6 Å². The van der Waals surface area contributed by atoms with Crippen LogP contribution in [-0.4, -0.2) is 24.5 Å². The van der Waals surface area contributed by atoms with Crippen molar-refractivity contribution in [3.63, 3.8) is 0 Å². The van der Waals surface area contributed by atoms with Crippen LogP contribution in [-0.2, 0) is 10.0 Å². The molecule has 0 fully saturated rings. The lowest BCUT2D eigenvalue weighted by Gasteiger charge is -2.08. The highest BCUT2D eigenvalue weighted by atomic mass is 32.2. The van der Waals surface area contributed by atoms with Gasteiger partial charge in [-0.25, -0.2) is 12.8 Å². The predicted octanol–water partition coefficient (Wildman–Crippen LogP) is 0.757. The van der Waals surface area contributed by atoms with Crippen LogP contribution in [0, 0.1) is 12.7 Å². The van der Waals surface area contributed by atoms with Crippen LogP contribution in [0.1, 0.15) is 16.1 Å². The van der Waals surface area contributed by atoms with Gasteiger partial charge in [0.15, 0.2) is 5.82 Å². The minimum absolute atomic E-state index is 0.0291. The maximum absolute atomic E-state index is 13.0. The molecule has 0 aliphatic heterocycles. The van der Waals surface area contributed by atoms with Crippen molar-refractivity contribution in [3.8, 4) is 0 Å². The number of nitrogens with two attached hydrogens (primary N) is 1. The van der Waals surface area contributed by atoms with E-state index >= 15 is 0 Å². The van der Waals surface area contributed by atoms with E-state index in [2.05, 4.69) is 14.9 Å². The number of nitrogens with one attached hydrogen (secondary N) is 2. The van der Waals surface area contributed by atoms with Crippen LogP contribution in [0.15, 0.2) is 29.2 Å². The molecule has 2 rings (SSSR count). The van der Waals surface area contributed by atoms with E-state index in [0.29, 0.717) is 0 Å². The van der Waals surface area contributed by atoms with Gasteiger partial charge < -0.3 is 5.73 Å². The third-order valence-electron chi connectivity index (χ3n) is 2.51. The summed E-state index contributed by atoms with van der Waals surface area (Å²) in [7, 11) is -3.92. The van der Waals surface area contributed by atoms with Crippen molar-refractivity contribution in [3.05, 3.63) is 41.3 Å². The maximum atomic E-state index is 13.0. The van der Waals surface area contributed by atoms with Crippen molar-refractivity contribution in [1.82, 2.24) is 10.2 Å². The average Bonchev–Trinajstić information content (AvgIpc) is 2.76. The van der Waals surface area contributed by atoms with E-state index < -0.39 is 21.7 Å². The molecule has 0 spiro atoms. The Kier molecular flexibility index (Phi) is 3.45. The summed E-state index contributed by atoms with van der Waals surface area (Å²) in [5, 5.41) is 5.90. The molecular weight excluding hydrogens is 287 g/mol. The zero-order valence-corrected chi connectivity index (χ0v) is 11.2. The van der Waals surface area contributed by atoms with Crippen molar-refractivity contribution in [2.45, 2.75) is 11.8 Å². The Morgan fingerprint density at radius 2 is 2.10 bits per heavy atom. The molecule has 1 aromatic heterocycles. The van der Waals surface area contributed by atoms with Crippen molar-refractivity contribution < 1.29 is 17.6 Å². The largest absolute Gasteiger partial charge is 0.364 e. The second-order valence-corrected chi connectivity index (χ2v) is 5.70. The Morgan fingerprint density at radius 3 is 2.65 bits per heavy atom. The highest BCUT2D eigenvalue weighted by Crippen LogP contribution is 2.19. The summed E-state index contributed by atoms with van der Waals surface area (Å²) in [4.78, 5) is 10.8. The Morgan fingerprint density at radius 1 is 1.40 bits per heavy atom. The number of anilines is 1. The Hall–Kier alpha value is -2.42. The van der Waals surface area contributed by atoms with Gasteiger partial charge in [-0.2, -0.15) is 5.10 Å². The molecule has 1 heterocycles. The lowest BCUT2D eigenvalue weighted by Crippen LogP contribution is -2.14. The number of carbonyl (C=O) groups excluding carboxylic acids is 1. The van der Waals surface area contributed by atoms with Gasteiger partial charge in [-0.1, -0.05) is 0 Å². The van der Waals surface area contributed by atoms with E-state index in [1.165, 1.54) is 13.0 Å². The number of nitrogens with zero attached hydrogens (tertiary/aromatic N) is 1. The fourth-order valence-electron chi connectivity index (χ4n) is 1.61. The number of aromatic amines is 1. The maximum Gasteiger partial charge on any atom is 0.266 e. The van der Waals surface area contributed by atoms with E-state index in [0.717, 1.165) is 18.2 Å². The Labute approximate surface area is 114 Å². The third kappa shape index (κ3) is 2.77. The van der Waals surface area contributed by atoms with Gasteiger partial charge in [0, 0.05) is 6.07 Å². The zero-order chi connectivity index (χ0) is 14.9. The summed E-state index contributed by atoms with van der Waals surface area (Å²) in [5.41, 5.74) is 5.24. The van der Waals surface area contributed by atoms with Gasteiger partial charge in [0.1, 0.15) is 11.5 Å². The first-order valence-corrected chi connectivity index (χ1v) is 6.92. The molecule has 0 aliphatic rings. The van der Waals surface area contributed by atoms with Gasteiger partial charge in [0.05, 0.1) is 4.90 Å². The second kappa shape index (κ2) is 4.93. The number of primary amides is 1. The number of hydrogen-bond acceptors (Lipinski definition) is 4. The molecule has 0 saturated heterocycles. The fraction of sp³-hybridized carbons (Fsp3) is 0.0909. The van der Waals surface area contributed by atoms with Gasteiger partial charge in [0.2, 0.25) is 0 Å². The number of hydrogen-bond donors (Lipinski definition) is 3. The van der Waals surface area contributed by atoms with Crippen LogP contribution in [0.5, 0.6) is 0 Å². The lowest BCUT2D eigenvalue weighted by molar-refractivity contribution is 0.0995. The van der Waals surface area contributed by atoms with Crippen LogP contribution in [0.4, 0.5) is 10.2 Å². The first-order valence-electron chi connectivity index (χ1n) is 5.44. The molecular formula is C11H11FN4O3S. The molecule has 9 heteroatoms. The van der Waals surface area contributed by atoms with Gasteiger partial charge >= 0.3 is 0 Å². The van der Waals surface area contributed by atoms with Crippen LogP contribution in [0.25, 0.3) is 0 Å². The molecule has 0 radical (unpaired) electrons. The number of sulfonamides is 1. The van der Waals surface area contributed by atoms with E-state index in [-0.39, 0.29) is 22.0 Å². The topological polar surface area (TPSA) is 118 Å². The number of benzene rings is 1. The first kappa shape index (κ1) is 14.0. The molecule has 1 amide bonds. The zero-order valence-electron chi connectivity index (χ0n) is 10.3. The third-order valence-corrected chi connectivity index (χ3v) is 4.02. The number of aromatic nitrogens is 2. The lowest BCUT2D eigenvalue weighted by atomic mass is 10.2. The second-order valence-electron chi connectivity index (χ2n) is 4.05. The number of rotatable bonds is 4. The van der Waals surface area contributed by atoms with Crippen molar-refractivity contribution in [2.75, 3.05) is 4.72 Å². The summed E-state index contributed by atoms with van der Waals surface area (Å²) in [5.74, 6) is -1.37. The number of halogens is 1. The van der Waals surface area contributed by atoms with E-state index in [4.69, 9.17) is 5.73 Å². The predicted molar refractivity (Wildman–Crippen MR) is 69.1 cm³/mol. The standard InChI is InChI=1S/C11H11FN4O3S/c1-6-4-7(12)2-3-9(6)20(18,19)16-10-5-8(11(13)17)14-15-10/h2-5H,1H3,(H2,13,17)(H2,14,15,16). The molecule has 0 aliphatic carbocycles. The molecule has 7 nitrogen and oxygen atoms in total. The highest BCUT2D eigenvalue weighted by Gasteiger charge is 2.19. The first-order chi connectivity index (χ1) is 9.29. The summed E-state index contributed by atoms with van der Waals surface area (Å²) < 4.78 is 39.4. The molecule has 20 heavy (non-hydrogen) atoms. The van der Waals surface area contributed by atoms with E-state index in [9.17, 15) is 17.6 Å². The van der Waals surface area contributed by atoms with Crippen LogP contribution in [0.3, 0.4) is 0 Å². The van der Waals surface area contributed by atoms with Crippen molar-refractivity contribution >= 4 is 21.7 Å². The van der Waals surface area contributed by atoms with Crippen LogP contribution < -0.4 is 10.5 Å². The van der Waals surface area contributed by atoms with Gasteiger partial charge in [-0.15, -0.1) is 0 Å². The molecule has 106 valence electrons. The molecule has 0 saturated carbocycles. The van der Waals surface area contributed by atoms with Crippen LogP contribution in [0.2, 0.25) is 0 Å². The quantitative estimate of drug-likeness (QED) is 0.772. The minimum Gasteiger partial charge on any atom is -0.364 e. The number of aryl methyl sites for hydroxylation is 1. The molecule has 4 N–H and O–H groups in total. The highest BCUT2D eigenvalue weighted by molar-refractivity contribution is 7.92. The molecule has 1 aromatic carbocycles. The average molecular weight is 298 g/mol.